The Balaban J connectivity index is 1.69. The highest BCUT2D eigenvalue weighted by molar-refractivity contribution is 5.83. The van der Waals surface area contributed by atoms with Crippen LogP contribution < -0.4 is 16.8 Å². The summed E-state index contributed by atoms with van der Waals surface area (Å²) < 4.78 is 0. The lowest BCUT2D eigenvalue weighted by atomic mass is 9.66. The van der Waals surface area contributed by atoms with Crippen LogP contribution in [0.4, 0.5) is 0 Å². The van der Waals surface area contributed by atoms with Crippen molar-refractivity contribution in [3.05, 3.63) is 23.8 Å². The predicted molar refractivity (Wildman–Crippen MR) is 130 cm³/mol. The smallest absolute Gasteiger partial charge is 0.326 e. The molecule has 1 amide bonds. The molecule has 8 nitrogen and oxygen atoms in total. The number of nitrogens with two attached hydrogens (primary N) is 2. The van der Waals surface area contributed by atoms with Gasteiger partial charge >= 0.3 is 5.97 Å². The average Bonchev–Trinajstić information content (AvgIpc) is 2.74. The van der Waals surface area contributed by atoms with Crippen LogP contribution in [0.2, 0.25) is 0 Å². The van der Waals surface area contributed by atoms with Gasteiger partial charge in [0.25, 0.3) is 0 Å². The molecule has 0 aromatic carbocycles. The number of allylic oxidation sites excluding steroid dienone is 4. The molecule has 0 heterocycles. The lowest BCUT2D eigenvalue weighted by Crippen LogP contribution is -2.40. The van der Waals surface area contributed by atoms with Gasteiger partial charge in [0.1, 0.15) is 6.04 Å². The van der Waals surface area contributed by atoms with Crippen LogP contribution in [0.3, 0.4) is 0 Å². The van der Waals surface area contributed by atoms with Gasteiger partial charge in [-0.2, -0.15) is 0 Å². The maximum atomic E-state index is 12.2. The molecule has 0 aliphatic heterocycles. The molecule has 6 atom stereocenters. The Morgan fingerprint density at radius 2 is 1.94 bits per heavy atom. The highest BCUT2D eigenvalue weighted by Crippen LogP contribution is 2.43. The Kier molecular flexibility index (Phi) is 10.9. The van der Waals surface area contributed by atoms with Crippen LogP contribution in [-0.2, 0) is 9.59 Å². The number of nitrogens with zero attached hydrogens (tertiary/aromatic N) is 1. The van der Waals surface area contributed by atoms with E-state index in [0.29, 0.717) is 49.5 Å². The number of nitrogens with one attached hydrogen (secondary N) is 1. The Bertz CT molecular complexity index is 745. The number of hydrogen-bond donors (Lipinski definition) is 5. The first kappa shape index (κ1) is 26.9. The van der Waals surface area contributed by atoms with E-state index < -0.39 is 18.1 Å². The number of carboxylic acid groups (broad SMARTS) is 1. The van der Waals surface area contributed by atoms with E-state index in [0.717, 1.165) is 12.8 Å². The van der Waals surface area contributed by atoms with Crippen LogP contribution in [0, 0.1) is 23.7 Å². The Labute approximate surface area is 197 Å². The lowest BCUT2D eigenvalue weighted by Gasteiger charge is -2.38. The molecule has 4 unspecified atom stereocenters. The van der Waals surface area contributed by atoms with Crippen LogP contribution in [-0.4, -0.2) is 46.7 Å². The summed E-state index contributed by atoms with van der Waals surface area (Å²) >= 11 is 0. The van der Waals surface area contributed by atoms with E-state index in [-0.39, 0.29) is 24.7 Å². The zero-order valence-electron chi connectivity index (χ0n) is 20.1. The molecule has 2 aliphatic carbocycles. The van der Waals surface area contributed by atoms with Crippen LogP contribution >= 0.6 is 0 Å². The number of carbonyl (C=O) groups is 2. The quantitative estimate of drug-likeness (QED) is 0.161. The first-order chi connectivity index (χ1) is 15.7. The number of aliphatic hydroxyl groups excluding tert-OH is 1. The third-order valence-corrected chi connectivity index (χ3v) is 6.98. The van der Waals surface area contributed by atoms with Crippen LogP contribution in [0.5, 0.6) is 0 Å². The summed E-state index contributed by atoms with van der Waals surface area (Å²) in [6, 6.07) is -0.960. The summed E-state index contributed by atoms with van der Waals surface area (Å²) in [4.78, 5) is 27.4. The van der Waals surface area contributed by atoms with Crippen molar-refractivity contribution in [1.82, 2.24) is 5.32 Å². The number of aliphatic hydroxyl groups is 1. The Hall–Kier alpha value is -2.35. The Morgan fingerprint density at radius 3 is 2.64 bits per heavy atom. The van der Waals surface area contributed by atoms with E-state index in [4.69, 9.17) is 11.5 Å². The normalized spacial score (nSPS) is 26.0. The topological polar surface area (TPSA) is 151 Å². The summed E-state index contributed by atoms with van der Waals surface area (Å²) in [6.45, 7) is 4.86. The van der Waals surface area contributed by atoms with E-state index in [2.05, 4.69) is 42.4 Å². The van der Waals surface area contributed by atoms with Crippen molar-refractivity contribution in [3.8, 4) is 0 Å². The van der Waals surface area contributed by atoms with Crippen molar-refractivity contribution in [2.75, 3.05) is 6.54 Å². The van der Waals surface area contributed by atoms with E-state index in [1.165, 1.54) is 18.4 Å². The monoisotopic (exact) mass is 462 g/mol. The molecule has 0 aromatic heterocycles. The minimum atomic E-state index is -1.07. The largest absolute Gasteiger partial charge is 0.480 e. The van der Waals surface area contributed by atoms with Crippen molar-refractivity contribution in [2.45, 2.75) is 83.8 Å². The zero-order valence-corrected chi connectivity index (χ0v) is 20.1. The molecule has 0 saturated heterocycles. The van der Waals surface area contributed by atoms with Crippen molar-refractivity contribution < 1.29 is 19.8 Å². The maximum absolute atomic E-state index is 12.2. The molecule has 0 spiro atoms. The second kappa shape index (κ2) is 13.4. The number of carbonyl (C=O) groups excluding carboxylic acids is 1. The van der Waals surface area contributed by atoms with Gasteiger partial charge in [-0.05, 0) is 80.6 Å². The van der Waals surface area contributed by atoms with Gasteiger partial charge in [-0.3, -0.25) is 9.79 Å². The van der Waals surface area contributed by atoms with Gasteiger partial charge in [0, 0.05) is 13.0 Å². The van der Waals surface area contributed by atoms with E-state index in [9.17, 15) is 19.8 Å². The van der Waals surface area contributed by atoms with Crippen LogP contribution in [0.25, 0.3) is 0 Å². The van der Waals surface area contributed by atoms with Gasteiger partial charge in [-0.15, -0.1) is 0 Å². The van der Waals surface area contributed by atoms with Gasteiger partial charge in [0.05, 0.1) is 6.10 Å². The third kappa shape index (κ3) is 9.20. The summed E-state index contributed by atoms with van der Waals surface area (Å²) in [5.41, 5.74) is 12.0. The second-order valence-corrected chi connectivity index (χ2v) is 9.74. The number of rotatable bonds is 13. The molecule has 0 fully saturated rings. The van der Waals surface area contributed by atoms with Crippen molar-refractivity contribution >= 4 is 17.8 Å². The lowest BCUT2D eigenvalue weighted by molar-refractivity contribution is -0.142. The second-order valence-electron chi connectivity index (χ2n) is 9.74. The summed E-state index contributed by atoms with van der Waals surface area (Å²) in [6.07, 6.45) is 12.7. The minimum absolute atomic E-state index is 0.0378. The fourth-order valence-electron chi connectivity index (χ4n) is 5.08. The van der Waals surface area contributed by atoms with E-state index in [1.54, 1.807) is 0 Å². The number of fused-ring (bicyclic) bond motifs is 1. The summed E-state index contributed by atoms with van der Waals surface area (Å²) in [5.74, 6) is 0.886. The first-order valence-electron chi connectivity index (χ1n) is 12.3. The van der Waals surface area contributed by atoms with Gasteiger partial charge < -0.3 is 27.0 Å². The predicted octanol–water partition coefficient (Wildman–Crippen LogP) is 2.72. The van der Waals surface area contributed by atoms with Gasteiger partial charge in [-0.25, -0.2) is 4.79 Å². The highest BCUT2D eigenvalue weighted by atomic mass is 16.4. The van der Waals surface area contributed by atoms with Gasteiger partial charge in [0.15, 0.2) is 5.96 Å². The molecular formula is C25H42N4O4. The third-order valence-electron chi connectivity index (χ3n) is 6.98. The molecule has 8 heteroatoms. The van der Waals surface area contributed by atoms with E-state index in [1.807, 2.05) is 0 Å². The SMILES string of the molecule is CC1C=CC2=C[C@H](C)CCC2[C@H]1CCC(O)CCCC(=O)NC(CCCN=C(N)N)C(=O)O. The summed E-state index contributed by atoms with van der Waals surface area (Å²) in [7, 11) is 0. The van der Waals surface area contributed by atoms with Crippen molar-refractivity contribution in [2.24, 2.45) is 40.1 Å². The zero-order chi connectivity index (χ0) is 24.4. The molecule has 2 aliphatic rings. The number of aliphatic imine (C=N–C) groups is 1. The molecule has 2 rings (SSSR count). The number of amides is 1. The number of guanidine groups is 1. The molecule has 7 N–H and O–H groups in total. The number of hydrogen-bond acceptors (Lipinski definition) is 4. The number of carboxylic acids is 1. The van der Waals surface area contributed by atoms with Crippen LogP contribution in [0.1, 0.15) is 71.6 Å². The van der Waals surface area contributed by atoms with Crippen molar-refractivity contribution in [3.63, 3.8) is 0 Å². The molecule has 0 aromatic rings. The maximum Gasteiger partial charge on any atom is 0.326 e. The molecular weight excluding hydrogens is 420 g/mol. The average molecular weight is 463 g/mol. The molecule has 33 heavy (non-hydrogen) atoms. The van der Waals surface area contributed by atoms with E-state index >= 15 is 0 Å². The molecule has 0 radical (unpaired) electrons. The van der Waals surface area contributed by atoms with Gasteiger partial charge in [0.2, 0.25) is 5.91 Å². The summed E-state index contributed by atoms with van der Waals surface area (Å²) in [5, 5.41) is 22.3. The first-order valence-corrected chi connectivity index (χ1v) is 12.3. The highest BCUT2D eigenvalue weighted by Gasteiger charge is 2.33. The fourth-order valence-corrected chi connectivity index (χ4v) is 5.08. The fraction of sp³-hybridized carbons (Fsp3) is 0.720. The molecule has 0 saturated carbocycles. The Morgan fingerprint density at radius 1 is 1.18 bits per heavy atom. The van der Waals surface area contributed by atoms with Gasteiger partial charge in [-0.1, -0.05) is 32.1 Å². The van der Waals surface area contributed by atoms with Crippen LogP contribution in [0.15, 0.2) is 28.8 Å². The number of aliphatic carboxylic acids is 1. The molecule has 0 bridgehead atoms. The minimum Gasteiger partial charge on any atom is -0.480 e. The van der Waals surface area contributed by atoms with Crippen molar-refractivity contribution in [1.29, 1.82) is 0 Å². The molecule has 186 valence electrons. The standard InChI is InChI=1S/C25H42N4O4/c1-16-8-12-21-18(15-16)10-9-17(2)20(21)13-11-19(30)5-3-7-23(31)29-22(24(32)33)6-4-14-28-25(26)27/h9-10,15-17,19-22,30H,3-8,11-14H2,1-2H3,(H,29,31)(H,32,33)(H4,26,27,28)/t16-,17?,19?,20+,21?,22?/m1/s1.